The summed E-state index contributed by atoms with van der Waals surface area (Å²) in [6.45, 7) is 6.22. The number of sulfone groups is 1. The van der Waals surface area contributed by atoms with Crippen molar-refractivity contribution >= 4 is 9.84 Å². The first kappa shape index (κ1) is 16.5. The summed E-state index contributed by atoms with van der Waals surface area (Å²) < 4.78 is 25.3. The predicted octanol–water partition coefficient (Wildman–Crippen LogP) is 1.26. The molecule has 5 nitrogen and oxygen atoms in total. The minimum Gasteiger partial charge on any atom is -0.316 e. The van der Waals surface area contributed by atoms with Crippen molar-refractivity contribution in [2.75, 3.05) is 24.6 Å². The maximum Gasteiger partial charge on any atom is 0.150 e. The molecule has 2 unspecified atom stereocenters. The van der Waals surface area contributed by atoms with E-state index in [1.54, 1.807) is 4.68 Å². The van der Waals surface area contributed by atoms with E-state index < -0.39 is 9.84 Å². The van der Waals surface area contributed by atoms with Crippen LogP contribution in [0.5, 0.6) is 0 Å². The first-order valence-electron chi connectivity index (χ1n) is 7.74. The fraction of sp³-hybridized carbons (Fsp3) is 0.800. The van der Waals surface area contributed by atoms with Crippen LogP contribution in [0.25, 0.3) is 0 Å². The SMILES string of the molecule is CC(C)CNCC(Cc1cnn(C)c1)C1CCS(=O)(=O)C1. The molecule has 120 valence electrons. The largest absolute Gasteiger partial charge is 0.316 e. The van der Waals surface area contributed by atoms with E-state index in [1.165, 1.54) is 5.56 Å². The van der Waals surface area contributed by atoms with Crippen molar-refractivity contribution in [1.29, 1.82) is 0 Å². The molecule has 1 fully saturated rings. The highest BCUT2D eigenvalue weighted by molar-refractivity contribution is 7.91. The average molecular weight is 313 g/mol. The number of nitrogens with zero attached hydrogens (tertiary/aromatic N) is 2. The van der Waals surface area contributed by atoms with Gasteiger partial charge in [0.15, 0.2) is 9.84 Å². The highest BCUT2D eigenvalue weighted by Crippen LogP contribution is 2.28. The number of hydrogen-bond acceptors (Lipinski definition) is 4. The van der Waals surface area contributed by atoms with Crippen molar-refractivity contribution in [1.82, 2.24) is 15.1 Å². The average Bonchev–Trinajstić information content (AvgIpc) is 2.93. The van der Waals surface area contributed by atoms with Crippen molar-refractivity contribution < 1.29 is 8.42 Å². The van der Waals surface area contributed by atoms with E-state index in [-0.39, 0.29) is 5.92 Å². The van der Waals surface area contributed by atoms with E-state index >= 15 is 0 Å². The molecule has 21 heavy (non-hydrogen) atoms. The summed E-state index contributed by atoms with van der Waals surface area (Å²) in [6, 6.07) is 0. The maximum atomic E-state index is 11.7. The normalized spacial score (nSPS) is 22.8. The van der Waals surface area contributed by atoms with Crippen molar-refractivity contribution in [3.63, 3.8) is 0 Å². The topological polar surface area (TPSA) is 64.0 Å². The van der Waals surface area contributed by atoms with Crippen molar-refractivity contribution in [2.45, 2.75) is 26.7 Å². The van der Waals surface area contributed by atoms with E-state index in [9.17, 15) is 8.42 Å². The van der Waals surface area contributed by atoms with Crippen LogP contribution < -0.4 is 5.32 Å². The van der Waals surface area contributed by atoms with E-state index in [1.807, 2.05) is 19.4 Å². The molecule has 0 saturated carbocycles. The molecule has 0 aliphatic carbocycles. The lowest BCUT2D eigenvalue weighted by molar-refractivity contribution is 0.337. The number of hydrogen-bond donors (Lipinski definition) is 1. The molecule has 2 rings (SSSR count). The Morgan fingerprint density at radius 1 is 1.43 bits per heavy atom. The number of aromatic nitrogens is 2. The minimum atomic E-state index is -2.82. The van der Waals surface area contributed by atoms with Gasteiger partial charge in [-0.15, -0.1) is 0 Å². The Morgan fingerprint density at radius 3 is 2.71 bits per heavy atom. The van der Waals surface area contributed by atoms with Crippen LogP contribution >= 0.6 is 0 Å². The zero-order valence-electron chi connectivity index (χ0n) is 13.2. The number of nitrogens with one attached hydrogen (secondary N) is 1. The summed E-state index contributed by atoms with van der Waals surface area (Å²) in [5.74, 6) is 1.95. The first-order valence-corrected chi connectivity index (χ1v) is 9.56. The summed E-state index contributed by atoms with van der Waals surface area (Å²) in [7, 11) is -0.905. The zero-order chi connectivity index (χ0) is 15.5. The fourth-order valence-corrected chi connectivity index (χ4v) is 4.96. The molecule has 1 aliphatic heterocycles. The molecule has 2 atom stereocenters. The molecule has 0 spiro atoms. The van der Waals surface area contributed by atoms with Gasteiger partial charge in [-0.3, -0.25) is 4.68 Å². The zero-order valence-corrected chi connectivity index (χ0v) is 14.1. The lowest BCUT2D eigenvalue weighted by Gasteiger charge is -2.23. The molecule has 1 N–H and O–H groups in total. The van der Waals surface area contributed by atoms with Gasteiger partial charge in [0.25, 0.3) is 0 Å². The predicted molar refractivity (Wildman–Crippen MR) is 84.9 cm³/mol. The summed E-state index contributed by atoms with van der Waals surface area (Å²) >= 11 is 0. The van der Waals surface area contributed by atoms with Crippen LogP contribution in [0.15, 0.2) is 12.4 Å². The monoisotopic (exact) mass is 313 g/mol. The third kappa shape index (κ3) is 5.11. The number of aryl methyl sites for hydroxylation is 1. The Morgan fingerprint density at radius 2 is 2.19 bits per heavy atom. The van der Waals surface area contributed by atoms with Crippen molar-refractivity contribution in [2.24, 2.45) is 24.8 Å². The molecular formula is C15H27N3O2S. The summed E-state index contributed by atoms with van der Waals surface area (Å²) in [5.41, 5.74) is 1.19. The lowest BCUT2D eigenvalue weighted by Crippen LogP contribution is -2.32. The molecule has 0 bridgehead atoms. The van der Waals surface area contributed by atoms with E-state index in [2.05, 4.69) is 24.3 Å². The molecule has 1 saturated heterocycles. The minimum absolute atomic E-state index is 0.273. The summed E-state index contributed by atoms with van der Waals surface area (Å²) in [5, 5.41) is 7.71. The van der Waals surface area contributed by atoms with Gasteiger partial charge in [0.05, 0.1) is 17.7 Å². The second-order valence-corrected chi connectivity index (χ2v) is 8.93. The molecule has 0 amide bonds. The van der Waals surface area contributed by atoms with Gasteiger partial charge in [-0.25, -0.2) is 8.42 Å². The van der Waals surface area contributed by atoms with Gasteiger partial charge >= 0.3 is 0 Å². The van der Waals surface area contributed by atoms with Crippen molar-refractivity contribution in [3.8, 4) is 0 Å². The van der Waals surface area contributed by atoms with Crippen LogP contribution in [-0.2, 0) is 23.3 Å². The van der Waals surface area contributed by atoms with Crippen LogP contribution in [-0.4, -0.2) is 42.8 Å². The Kier molecular flexibility index (Phi) is 5.43. The smallest absolute Gasteiger partial charge is 0.150 e. The van der Waals surface area contributed by atoms with E-state index in [4.69, 9.17) is 0 Å². The van der Waals surface area contributed by atoms with E-state index in [0.717, 1.165) is 25.9 Å². The Hall–Kier alpha value is -0.880. The van der Waals surface area contributed by atoms with Crippen molar-refractivity contribution in [3.05, 3.63) is 18.0 Å². The highest BCUT2D eigenvalue weighted by atomic mass is 32.2. The second-order valence-electron chi connectivity index (χ2n) is 6.70. The number of rotatable bonds is 7. The summed E-state index contributed by atoms with van der Waals surface area (Å²) in [4.78, 5) is 0. The van der Waals surface area contributed by atoms with Gasteiger partial charge in [0.2, 0.25) is 0 Å². The third-order valence-corrected chi connectivity index (χ3v) is 5.94. The molecule has 1 aliphatic rings. The third-order valence-electron chi connectivity index (χ3n) is 4.15. The fourth-order valence-electron chi connectivity index (χ4n) is 3.04. The molecule has 2 heterocycles. The molecule has 6 heteroatoms. The highest BCUT2D eigenvalue weighted by Gasteiger charge is 2.33. The Labute approximate surface area is 128 Å². The van der Waals surface area contributed by atoms with Gasteiger partial charge in [-0.2, -0.15) is 5.10 Å². The van der Waals surface area contributed by atoms with Gasteiger partial charge < -0.3 is 5.32 Å². The molecular weight excluding hydrogens is 286 g/mol. The summed E-state index contributed by atoms with van der Waals surface area (Å²) in [6.07, 6.45) is 5.62. The second kappa shape index (κ2) is 6.92. The maximum absolute atomic E-state index is 11.7. The Bertz CT molecular complexity index is 551. The molecule has 1 aromatic heterocycles. The molecule has 0 radical (unpaired) electrons. The van der Waals surface area contributed by atoms with Crippen LogP contribution in [0.3, 0.4) is 0 Å². The lowest BCUT2D eigenvalue weighted by atomic mass is 9.87. The molecule has 1 aromatic rings. The van der Waals surface area contributed by atoms with E-state index in [0.29, 0.717) is 23.3 Å². The quantitative estimate of drug-likeness (QED) is 0.823. The van der Waals surface area contributed by atoms with Crippen LogP contribution in [0.1, 0.15) is 25.8 Å². The Balaban J connectivity index is 1.99. The van der Waals surface area contributed by atoms with Crippen LogP contribution in [0.2, 0.25) is 0 Å². The van der Waals surface area contributed by atoms with Gasteiger partial charge in [0.1, 0.15) is 0 Å². The first-order chi connectivity index (χ1) is 9.85. The standard InChI is InChI=1S/C15H27N3O2S/c1-12(2)7-16-9-15(6-13-8-17-18(3)10-13)14-4-5-21(19,20)11-14/h8,10,12,14-16H,4-7,9,11H2,1-3H3. The van der Waals surface area contributed by atoms with Crippen LogP contribution in [0, 0.1) is 17.8 Å². The van der Waals surface area contributed by atoms with Gasteiger partial charge in [-0.1, -0.05) is 13.8 Å². The van der Waals surface area contributed by atoms with Gasteiger partial charge in [0, 0.05) is 13.2 Å². The van der Waals surface area contributed by atoms with Crippen LogP contribution in [0.4, 0.5) is 0 Å². The molecule has 0 aromatic carbocycles. The van der Waals surface area contributed by atoms with Gasteiger partial charge in [-0.05, 0) is 49.2 Å².